The fourth-order valence-corrected chi connectivity index (χ4v) is 4.24. The van der Waals surface area contributed by atoms with E-state index in [0.717, 1.165) is 23.4 Å². The third kappa shape index (κ3) is 4.48. The van der Waals surface area contributed by atoms with E-state index in [1.807, 2.05) is 12.1 Å². The van der Waals surface area contributed by atoms with E-state index in [0.29, 0.717) is 48.8 Å². The van der Waals surface area contributed by atoms with E-state index in [-0.39, 0.29) is 6.03 Å². The number of urea groups is 1. The molecule has 2 aliphatic heterocycles. The Morgan fingerprint density at radius 2 is 1.88 bits per heavy atom. The summed E-state index contributed by atoms with van der Waals surface area (Å²) in [6.07, 6.45) is -2.82. The van der Waals surface area contributed by atoms with Gasteiger partial charge < -0.3 is 19.8 Å². The largest absolute Gasteiger partial charge is 0.484 e. The summed E-state index contributed by atoms with van der Waals surface area (Å²) in [6, 6.07) is 9.42. The van der Waals surface area contributed by atoms with Gasteiger partial charge in [-0.25, -0.2) is 4.79 Å². The van der Waals surface area contributed by atoms with E-state index in [4.69, 9.17) is 21.2 Å². The minimum Gasteiger partial charge on any atom is -0.484 e. The molecule has 2 aromatic rings. The molecule has 2 amide bonds. The van der Waals surface area contributed by atoms with E-state index in [9.17, 15) is 18.0 Å². The van der Waals surface area contributed by atoms with Gasteiger partial charge in [-0.15, -0.1) is 0 Å². The summed E-state index contributed by atoms with van der Waals surface area (Å²) in [5.41, 5.74) is 0.483. The zero-order valence-corrected chi connectivity index (χ0v) is 18.0. The number of alkyl halides is 3. The van der Waals surface area contributed by atoms with Crippen LogP contribution in [0.5, 0.6) is 5.75 Å². The molecule has 1 N–H and O–H groups in total. The van der Waals surface area contributed by atoms with Crippen LogP contribution < -0.4 is 10.1 Å². The number of fused-ring (bicyclic) bond motifs is 1. The molecule has 0 atom stereocenters. The van der Waals surface area contributed by atoms with E-state index in [1.165, 1.54) is 19.2 Å². The number of benzene rings is 2. The van der Waals surface area contributed by atoms with Gasteiger partial charge in [-0.1, -0.05) is 22.8 Å². The molecule has 2 aromatic carbocycles. The first-order valence-corrected chi connectivity index (χ1v) is 10.4. The van der Waals surface area contributed by atoms with Crippen LogP contribution in [-0.2, 0) is 11.0 Å². The maximum absolute atomic E-state index is 12.7. The van der Waals surface area contributed by atoms with Gasteiger partial charge >= 0.3 is 12.2 Å². The highest BCUT2D eigenvalue weighted by Gasteiger charge is 2.44. The summed E-state index contributed by atoms with van der Waals surface area (Å²) in [5.74, 6) is 0.555. The minimum absolute atomic E-state index is 0.299. The van der Waals surface area contributed by atoms with Crippen LogP contribution in [-0.4, -0.2) is 42.4 Å². The number of hydrogen-bond acceptors (Lipinski definition) is 4. The summed E-state index contributed by atoms with van der Waals surface area (Å²) in [6.45, 7) is 0.818. The number of nitrogens with zero attached hydrogens (tertiary/aromatic N) is 2. The predicted molar refractivity (Wildman–Crippen MR) is 114 cm³/mol. The molecule has 1 spiro atoms. The zero-order chi connectivity index (χ0) is 22.9. The van der Waals surface area contributed by atoms with Crippen molar-refractivity contribution in [1.82, 2.24) is 4.90 Å². The molecule has 10 heteroatoms. The minimum atomic E-state index is -4.42. The smallest absolute Gasteiger partial charge is 0.416 e. The van der Waals surface area contributed by atoms with Gasteiger partial charge in [0.15, 0.2) is 0 Å². The molecule has 0 saturated carbocycles. The normalized spacial score (nSPS) is 18.8. The van der Waals surface area contributed by atoms with Gasteiger partial charge in [0.05, 0.1) is 16.3 Å². The Bertz CT molecular complexity index is 1030. The number of carbonyl (C=O) groups is 1. The Morgan fingerprint density at radius 1 is 1.19 bits per heavy atom. The monoisotopic (exact) mass is 467 g/mol. The van der Waals surface area contributed by atoms with Gasteiger partial charge in [-0.2, -0.15) is 13.2 Å². The first-order valence-electron chi connectivity index (χ1n) is 10.0. The number of amides is 2. The molecule has 0 bridgehead atoms. The molecule has 0 unspecified atom stereocenters. The lowest BCUT2D eigenvalue weighted by atomic mass is 9.82. The highest BCUT2D eigenvalue weighted by atomic mass is 35.5. The van der Waals surface area contributed by atoms with Crippen LogP contribution in [0, 0.1) is 0 Å². The lowest BCUT2D eigenvalue weighted by Gasteiger charge is -2.44. The summed E-state index contributed by atoms with van der Waals surface area (Å²) in [5, 5.41) is 7.28. The van der Waals surface area contributed by atoms with Crippen molar-refractivity contribution in [3.8, 4) is 5.75 Å². The van der Waals surface area contributed by atoms with Gasteiger partial charge in [0.2, 0.25) is 0 Å². The SMILES string of the molecule is CO/N=C1/CC2(CCN(C(=O)Nc3ccc(C(F)(F)F)cc3)CC2)Oc2c(Cl)cccc21. The quantitative estimate of drug-likeness (QED) is 0.588. The number of anilines is 1. The summed E-state index contributed by atoms with van der Waals surface area (Å²) in [7, 11) is 1.48. The van der Waals surface area contributed by atoms with Gasteiger partial charge in [0.1, 0.15) is 18.5 Å². The van der Waals surface area contributed by atoms with Crippen LogP contribution in [0.3, 0.4) is 0 Å². The second kappa shape index (κ2) is 8.54. The van der Waals surface area contributed by atoms with Crippen molar-refractivity contribution >= 4 is 29.0 Å². The number of oxime groups is 1. The summed E-state index contributed by atoms with van der Waals surface area (Å²) in [4.78, 5) is 19.3. The van der Waals surface area contributed by atoms with E-state index in [2.05, 4.69) is 10.5 Å². The first kappa shape index (κ1) is 22.3. The maximum Gasteiger partial charge on any atom is 0.416 e. The molecule has 1 fully saturated rings. The Balaban J connectivity index is 1.43. The number of halogens is 4. The molecule has 0 radical (unpaired) electrons. The Morgan fingerprint density at radius 3 is 2.50 bits per heavy atom. The number of hydrogen-bond donors (Lipinski definition) is 1. The molecular formula is C22H21ClF3N3O3. The maximum atomic E-state index is 12.7. The first-order chi connectivity index (χ1) is 15.2. The second-order valence-corrected chi connectivity index (χ2v) is 8.20. The summed E-state index contributed by atoms with van der Waals surface area (Å²) >= 11 is 6.35. The molecule has 1 saturated heterocycles. The Kier molecular flexibility index (Phi) is 5.94. The molecule has 4 rings (SSSR count). The highest BCUT2D eigenvalue weighted by Crippen LogP contribution is 2.43. The number of rotatable bonds is 2. The molecule has 2 aliphatic rings. The van der Waals surface area contributed by atoms with Crippen molar-refractivity contribution in [1.29, 1.82) is 0 Å². The standard InChI is InChI=1S/C22H21ClF3N3O3/c1-31-28-18-13-21(32-19-16(18)3-2-4-17(19)23)9-11-29(12-10-21)20(30)27-15-7-5-14(6-8-15)22(24,25)26/h2-8H,9-13H2,1H3,(H,27,30)/b28-18-. The fourth-order valence-electron chi connectivity index (χ4n) is 4.03. The fraction of sp³-hybridized carbons (Fsp3) is 0.364. The average molecular weight is 468 g/mol. The number of para-hydroxylation sites is 1. The molecule has 6 nitrogen and oxygen atoms in total. The van der Waals surface area contributed by atoms with E-state index < -0.39 is 17.3 Å². The second-order valence-electron chi connectivity index (χ2n) is 7.79. The lowest BCUT2D eigenvalue weighted by Crippen LogP contribution is -2.53. The van der Waals surface area contributed by atoms with Crippen LogP contribution in [0.4, 0.5) is 23.7 Å². The Hall–Kier alpha value is -2.94. The molecule has 32 heavy (non-hydrogen) atoms. The number of ether oxygens (including phenoxy) is 1. The Labute approximate surface area is 187 Å². The van der Waals surface area contributed by atoms with Gasteiger partial charge in [0.25, 0.3) is 0 Å². The average Bonchev–Trinajstić information content (AvgIpc) is 2.75. The topological polar surface area (TPSA) is 63.2 Å². The number of nitrogens with one attached hydrogen (secondary N) is 1. The molecule has 2 heterocycles. The van der Waals surface area contributed by atoms with Crippen molar-refractivity contribution in [2.24, 2.45) is 5.16 Å². The molecule has 0 aromatic heterocycles. The van der Waals surface area contributed by atoms with Gasteiger partial charge in [0, 0.05) is 43.6 Å². The van der Waals surface area contributed by atoms with Crippen molar-refractivity contribution in [2.75, 3.05) is 25.5 Å². The number of likely N-dealkylation sites (tertiary alicyclic amines) is 1. The van der Waals surface area contributed by atoms with Gasteiger partial charge in [-0.05, 0) is 36.4 Å². The third-order valence-corrected chi connectivity index (χ3v) is 6.01. The van der Waals surface area contributed by atoms with Crippen molar-refractivity contribution in [3.05, 3.63) is 58.6 Å². The van der Waals surface area contributed by atoms with Crippen LogP contribution in [0.2, 0.25) is 5.02 Å². The van der Waals surface area contributed by atoms with E-state index >= 15 is 0 Å². The van der Waals surface area contributed by atoms with Crippen LogP contribution in [0.1, 0.15) is 30.4 Å². The highest BCUT2D eigenvalue weighted by molar-refractivity contribution is 6.33. The summed E-state index contributed by atoms with van der Waals surface area (Å²) < 4.78 is 44.5. The van der Waals surface area contributed by atoms with Crippen molar-refractivity contribution in [3.63, 3.8) is 0 Å². The third-order valence-electron chi connectivity index (χ3n) is 5.71. The number of carbonyl (C=O) groups excluding carboxylic acids is 1. The lowest BCUT2D eigenvalue weighted by molar-refractivity contribution is -0.137. The van der Waals surface area contributed by atoms with Crippen LogP contribution in [0.15, 0.2) is 47.6 Å². The predicted octanol–water partition coefficient (Wildman–Crippen LogP) is 5.56. The number of piperidine rings is 1. The molecule has 0 aliphatic carbocycles. The van der Waals surface area contributed by atoms with Crippen molar-refractivity contribution < 1.29 is 27.5 Å². The van der Waals surface area contributed by atoms with Gasteiger partial charge in [-0.3, -0.25) is 0 Å². The van der Waals surface area contributed by atoms with Crippen LogP contribution >= 0.6 is 11.6 Å². The van der Waals surface area contributed by atoms with E-state index in [1.54, 1.807) is 11.0 Å². The molecule has 170 valence electrons. The van der Waals surface area contributed by atoms with Crippen molar-refractivity contribution in [2.45, 2.75) is 31.0 Å². The zero-order valence-electron chi connectivity index (χ0n) is 17.2. The van der Waals surface area contributed by atoms with Crippen LogP contribution in [0.25, 0.3) is 0 Å². The molecular weight excluding hydrogens is 447 g/mol.